The number of rotatable bonds is 5. The summed E-state index contributed by atoms with van der Waals surface area (Å²) in [7, 11) is 1.50. The van der Waals surface area contributed by atoms with Gasteiger partial charge in [0.1, 0.15) is 0 Å². The molecule has 0 radical (unpaired) electrons. The minimum atomic E-state index is -0.666. The molecule has 21 heavy (non-hydrogen) atoms. The fourth-order valence-corrected chi connectivity index (χ4v) is 2.00. The van der Waals surface area contributed by atoms with E-state index < -0.39 is 6.10 Å². The molecule has 0 fully saturated rings. The van der Waals surface area contributed by atoms with Gasteiger partial charge in [-0.3, -0.25) is 4.79 Å². The Balaban J connectivity index is 2.00. The molecule has 108 valence electrons. The molecule has 2 rings (SSSR count). The van der Waals surface area contributed by atoms with E-state index in [0.29, 0.717) is 0 Å². The summed E-state index contributed by atoms with van der Waals surface area (Å²) in [6.45, 7) is 2.01. The van der Waals surface area contributed by atoms with Crippen molar-refractivity contribution in [2.75, 3.05) is 7.11 Å². The molecule has 1 amide bonds. The lowest BCUT2D eigenvalue weighted by Gasteiger charge is -2.13. The Morgan fingerprint density at radius 3 is 2.62 bits per heavy atom. The zero-order valence-electron chi connectivity index (χ0n) is 12.1. The van der Waals surface area contributed by atoms with E-state index in [9.17, 15) is 4.79 Å². The van der Waals surface area contributed by atoms with Crippen LogP contribution in [0.4, 0.5) is 0 Å². The normalized spacial score (nSPS) is 12.3. The van der Waals surface area contributed by atoms with E-state index in [4.69, 9.17) is 4.74 Å². The highest BCUT2D eigenvalue weighted by atomic mass is 16.5. The second-order valence-electron chi connectivity index (χ2n) is 4.67. The van der Waals surface area contributed by atoms with Gasteiger partial charge in [0, 0.05) is 7.11 Å². The Kier molecular flexibility index (Phi) is 5.23. The summed E-state index contributed by atoms with van der Waals surface area (Å²) in [5, 5.41) is 3.97. The third kappa shape index (κ3) is 4.26. The van der Waals surface area contributed by atoms with Gasteiger partial charge in [0.15, 0.2) is 6.10 Å². The predicted octanol–water partition coefficient (Wildman–Crippen LogP) is 2.83. The van der Waals surface area contributed by atoms with E-state index in [1.807, 2.05) is 61.5 Å². The molecular formula is C17H18N2O2. The van der Waals surface area contributed by atoms with Gasteiger partial charge in [-0.25, -0.2) is 5.43 Å². The zero-order valence-corrected chi connectivity index (χ0v) is 12.1. The van der Waals surface area contributed by atoms with E-state index in [1.165, 1.54) is 7.11 Å². The first-order valence-corrected chi connectivity index (χ1v) is 6.68. The second kappa shape index (κ2) is 7.36. The highest BCUT2D eigenvalue weighted by Gasteiger charge is 2.18. The Labute approximate surface area is 124 Å². The van der Waals surface area contributed by atoms with Crippen LogP contribution >= 0.6 is 0 Å². The number of benzene rings is 2. The van der Waals surface area contributed by atoms with Crippen molar-refractivity contribution < 1.29 is 9.53 Å². The number of amides is 1. The van der Waals surface area contributed by atoms with Crippen LogP contribution in [0.3, 0.4) is 0 Å². The summed E-state index contributed by atoms with van der Waals surface area (Å²) in [6.07, 6.45) is 0.948. The Morgan fingerprint density at radius 1 is 1.19 bits per heavy atom. The zero-order chi connectivity index (χ0) is 15.1. The topological polar surface area (TPSA) is 50.7 Å². The summed E-state index contributed by atoms with van der Waals surface area (Å²) in [6, 6.07) is 17.2. The van der Waals surface area contributed by atoms with Gasteiger partial charge >= 0.3 is 0 Å². The van der Waals surface area contributed by atoms with Crippen molar-refractivity contribution in [1.82, 2.24) is 5.43 Å². The fraction of sp³-hybridized carbons (Fsp3) is 0.176. The maximum atomic E-state index is 12.1. The van der Waals surface area contributed by atoms with Crippen molar-refractivity contribution in [3.63, 3.8) is 0 Å². The van der Waals surface area contributed by atoms with Crippen molar-refractivity contribution in [3.8, 4) is 0 Å². The lowest BCUT2D eigenvalue weighted by molar-refractivity contribution is -0.131. The molecule has 1 unspecified atom stereocenters. The molecule has 1 atom stereocenters. The lowest BCUT2D eigenvalue weighted by Crippen LogP contribution is -2.26. The molecule has 0 heterocycles. The van der Waals surface area contributed by atoms with Crippen molar-refractivity contribution in [1.29, 1.82) is 0 Å². The van der Waals surface area contributed by atoms with E-state index >= 15 is 0 Å². The molecule has 0 aliphatic heterocycles. The van der Waals surface area contributed by atoms with Crippen LogP contribution in [0.1, 0.15) is 22.8 Å². The van der Waals surface area contributed by atoms with Crippen LogP contribution in [0.15, 0.2) is 59.7 Å². The van der Waals surface area contributed by atoms with Crippen molar-refractivity contribution >= 4 is 12.1 Å². The molecule has 4 heteroatoms. The number of nitrogens with zero attached hydrogens (tertiary/aromatic N) is 1. The highest BCUT2D eigenvalue weighted by Crippen LogP contribution is 2.15. The van der Waals surface area contributed by atoms with E-state index in [2.05, 4.69) is 10.5 Å². The van der Waals surface area contributed by atoms with Crippen LogP contribution in [-0.2, 0) is 9.53 Å². The molecule has 0 aliphatic carbocycles. The van der Waals surface area contributed by atoms with Crippen molar-refractivity contribution in [3.05, 3.63) is 71.3 Å². The van der Waals surface area contributed by atoms with Gasteiger partial charge in [-0.05, 0) is 18.1 Å². The molecule has 0 aromatic heterocycles. The number of ether oxygens (including phenoxy) is 1. The third-order valence-electron chi connectivity index (χ3n) is 3.01. The average molecular weight is 282 g/mol. The van der Waals surface area contributed by atoms with Gasteiger partial charge in [0.05, 0.1) is 6.21 Å². The molecule has 0 saturated heterocycles. The van der Waals surface area contributed by atoms with Crippen molar-refractivity contribution in [2.45, 2.75) is 13.0 Å². The number of carbonyl (C=O) groups excluding carboxylic acids is 1. The standard InChI is InChI=1S/C17H18N2O2/c1-13-7-6-8-14(11-13)12-18-19-17(20)16(21-2)15-9-4-3-5-10-15/h3-12,16H,1-2H3,(H,19,20). The maximum absolute atomic E-state index is 12.1. The van der Waals surface area contributed by atoms with E-state index in [-0.39, 0.29) is 5.91 Å². The maximum Gasteiger partial charge on any atom is 0.273 e. The second-order valence-corrected chi connectivity index (χ2v) is 4.67. The Morgan fingerprint density at radius 2 is 1.95 bits per heavy atom. The summed E-state index contributed by atoms with van der Waals surface area (Å²) >= 11 is 0. The number of hydrazone groups is 1. The Hall–Kier alpha value is -2.46. The van der Waals surface area contributed by atoms with Gasteiger partial charge in [0.25, 0.3) is 5.91 Å². The molecule has 0 spiro atoms. The van der Waals surface area contributed by atoms with E-state index in [1.54, 1.807) is 6.21 Å². The van der Waals surface area contributed by atoms with Crippen LogP contribution in [0, 0.1) is 6.92 Å². The van der Waals surface area contributed by atoms with Crippen LogP contribution in [0.25, 0.3) is 0 Å². The first-order chi connectivity index (χ1) is 10.2. The summed E-state index contributed by atoms with van der Waals surface area (Å²) < 4.78 is 5.23. The van der Waals surface area contributed by atoms with Crippen LogP contribution in [0.5, 0.6) is 0 Å². The van der Waals surface area contributed by atoms with Crippen LogP contribution < -0.4 is 5.43 Å². The average Bonchev–Trinajstić information content (AvgIpc) is 2.49. The number of nitrogens with one attached hydrogen (secondary N) is 1. The lowest BCUT2D eigenvalue weighted by atomic mass is 10.1. The number of methoxy groups -OCH3 is 1. The molecule has 1 N–H and O–H groups in total. The monoisotopic (exact) mass is 282 g/mol. The molecule has 4 nitrogen and oxygen atoms in total. The summed E-state index contributed by atoms with van der Waals surface area (Å²) in [5.74, 6) is -0.299. The minimum Gasteiger partial charge on any atom is -0.367 e. The van der Waals surface area contributed by atoms with Gasteiger partial charge in [-0.2, -0.15) is 5.10 Å². The van der Waals surface area contributed by atoms with Crippen LogP contribution in [-0.4, -0.2) is 19.2 Å². The number of carbonyl (C=O) groups is 1. The summed E-state index contributed by atoms with van der Waals surface area (Å²) in [4.78, 5) is 12.1. The van der Waals surface area contributed by atoms with Crippen molar-refractivity contribution in [2.24, 2.45) is 5.10 Å². The largest absolute Gasteiger partial charge is 0.367 e. The molecule has 0 aliphatic rings. The summed E-state index contributed by atoms with van der Waals surface area (Å²) in [5.41, 5.74) is 5.38. The number of aryl methyl sites for hydroxylation is 1. The first-order valence-electron chi connectivity index (χ1n) is 6.68. The van der Waals surface area contributed by atoms with Gasteiger partial charge < -0.3 is 4.74 Å². The first kappa shape index (κ1) is 14.9. The SMILES string of the molecule is COC(C(=O)NN=Cc1cccc(C)c1)c1ccccc1. The van der Waals surface area contributed by atoms with E-state index in [0.717, 1.165) is 16.7 Å². The van der Waals surface area contributed by atoms with Gasteiger partial charge in [-0.15, -0.1) is 0 Å². The molecule has 2 aromatic rings. The fourth-order valence-electron chi connectivity index (χ4n) is 2.00. The smallest absolute Gasteiger partial charge is 0.273 e. The minimum absolute atomic E-state index is 0.299. The Bertz CT molecular complexity index is 624. The van der Waals surface area contributed by atoms with Gasteiger partial charge in [-0.1, -0.05) is 60.2 Å². The molecule has 0 bridgehead atoms. The molecular weight excluding hydrogens is 264 g/mol. The number of hydrogen-bond acceptors (Lipinski definition) is 3. The molecule has 2 aromatic carbocycles. The highest BCUT2D eigenvalue weighted by molar-refractivity contribution is 5.85. The number of hydrogen-bond donors (Lipinski definition) is 1. The third-order valence-corrected chi connectivity index (χ3v) is 3.01. The quantitative estimate of drug-likeness (QED) is 0.677. The van der Waals surface area contributed by atoms with Gasteiger partial charge in [0.2, 0.25) is 0 Å². The predicted molar refractivity (Wildman–Crippen MR) is 83.1 cm³/mol. The molecule has 0 saturated carbocycles. The van der Waals surface area contributed by atoms with Crippen LogP contribution in [0.2, 0.25) is 0 Å².